The Labute approximate surface area is 182 Å². The molecule has 2 heterocycles. The Balaban J connectivity index is 1.46. The van der Waals surface area contributed by atoms with Crippen LogP contribution in [-0.2, 0) is 14.8 Å². The quantitative estimate of drug-likeness (QED) is 0.620. The SMILES string of the molecule is O=C(Nc1c(Cl)cccc1Cl)C1CCN(S(=O)(=O)c2cccc3nsnc23)CC1. The summed E-state index contributed by atoms with van der Waals surface area (Å²) in [5.41, 5.74) is 1.31. The molecule has 0 atom stereocenters. The van der Waals surface area contributed by atoms with Crippen molar-refractivity contribution >= 4 is 67.6 Å². The highest BCUT2D eigenvalue weighted by atomic mass is 35.5. The zero-order valence-electron chi connectivity index (χ0n) is 15.0. The Kier molecular flexibility index (Phi) is 5.76. The minimum Gasteiger partial charge on any atom is -0.323 e. The average molecular weight is 471 g/mol. The third-order valence-electron chi connectivity index (χ3n) is 4.90. The van der Waals surface area contributed by atoms with Gasteiger partial charge in [0.15, 0.2) is 0 Å². The van der Waals surface area contributed by atoms with E-state index in [0.717, 1.165) is 11.7 Å². The molecule has 0 bridgehead atoms. The molecule has 7 nitrogen and oxygen atoms in total. The smallest absolute Gasteiger partial charge is 0.245 e. The van der Waals surface area contributed by atoms with Crippen LogP contribution in [-0.4, -0.2) is 40.5 Å². The van der Waals surface area contributed by atoms with E-state index < -0.39 is 10.0 Å². The van der Waals surface area contributed by atoms with Crippen molar-refractivity contribution in [3.8, 4) is 0 Å². The van der Waals surface area contributed by atoms with Gasteiger partial charge in [-0.05, 0) is 37.1 Å². The van der Waals surface area contributed by atoms with Crippen molar-refractivity contribution in [3.05, 3.63) is 46.4 Å². The largest absolute Gasteiger partial charge is 0.323 e. The number of fused-ring (bicyclic) bond motifs is 1. The van der Waals surface area contributed by atoms with Crippen molar-refractivity contribution in [3.63, 3.8) is 0 Å². The van der Waals surface area contributed by atoms with E-state index in [0.29, 0.717) is 39.6 Å². The van der Waals surface area contributed by atoms with Gasteiger partial charge in [-0.15, -0.1) is 0 Å². The number of halogens is 2. The molecule has 0 aliphatic carbocycles. The molecule has 3 aromatic rings. The minimum absolute atomic E-state index is 0.148. The number of anilines is 1. The lowest BCUT2D eigenvalue weighted by molar-refractivity contribution is -0.120. The van der Waals surface area contributed by atoms with E-state index in [1.165, 1.54) is 10.4 Å². The standard InChI is InChI=1S/C18H16Cl2N4O3S2/c19-12-3-1-4-13(20)16(12)21-18(25)11-7-9-24(10-8-11)29(26,27)15-6-2-5-14-17(15)23-28-22-14/h1-6,11H,7-10H2,(H,21,25). The van der Waals surface area contributed by atoms with Gasteiger partial charge in [-0.2, -0.15) is 13.1 Å². The molecular formula is C18H16Cl2N4O3S2. The first-order valence-corrected chi connectivity index (χ1v) is 11.8. The third kappa shape index (κ3) is 3.97. The average Bonchev–Trinajstić information content (AvgIpc) is 3.19. The van der Waals surface area contributed by atoms with Gasteiger partial charge in [0.05, 0.1) is 27.5 Å². The fraction of sp³-hybridized carbons (Fsp3) is 0.278. The molecule has 1 N–H and O–H groups in total. The molecule has 29 heavy (non-hydrogen) atoms. The number of nitrogens with one attached hydrogen (secondary N) is 1. The summed E-state index contributed by atoms with van der Waals surface area (Å²) in [6.45, 7) is 0.481. The van der Waals surface area contributed by atoms with Gasteiger partial charge in [-0.25, -0.2) is 8.42 Å². The zero-order valence-corrected chi connectivity index (χ0v) is 18.2. The van der Waals surface area contributed by atoms with Crippen molar-refractivity contribution in [1.82, 2.24) is 13.1 Å². The molecule has 0 radical (unpaired) electrons. The van der Waals surface area contributed by atoms with Crippen LogP contribution in [0.15, 0.2) is 41.3 Å². The first-order chi connectivity index (χ1) is 13.9. The third-order valence-corrected chi connectivity index (χ3v) is 8.01. The molecule has 4 rings (SSSR count). The summed E-state index contributed by atoms with van der Waals surface area (Å²) in [6.07, 6.45) is 0.802. The first kappa shape index (κ1) is 20.5. The molecule has 1 aliphatic rings. The normalized spacial score (nSPS) is 16.2. The molecule has 1 aliphatic heterocycles. The number of sulfonamides is 1. The molecule has 152 valence electrons. The lowest BCUT2D eigenvalue weighted by Crippen LogP contribution is -2.41. The molecule has 0 spiro atoms. The van der Waals surface area contributed by atoms with Gasteiger partial charge in [-0.3, -0.25) is 4.79 Å². The van der Waals surface area contributed by atoms with Crippen LogP contribution in [0.3, 0.4) is 0 Å². The van der Waals surface area contributed by atoms with Crippen molar-refractivity contribution in [2.45, 2.75) is 17.7 Å². The summed E-state index contributed by atoms with van der Waals surface area (Å²) in [5, 5.41) is 3.48. The summed E-state index contributed by atoms with van der Waals surface area (Å²) in [6, 6.07) is 9.91. The Morgan fingerprint density at radius 3 is 2.41 bits per heavy atom. The summed E-state index contributed by atoms with van der Waals surface area (Å²) in [5.74, 6) is -0.548. The van der Waals surface area contributed by atoms with Gasteiger partial charge in [0.1, 0.15) is 15.9 Å². The molecule has 0 unspecified atom stereocenters. The zero-order chi connectivity index (χ0) is 20.6. The predicted octanol–water partition coefficient (Wildman–Crippen LogP) is 4.04. The molecule has 1 amide bonds. The molecule has 1 fully saturated rings. The monoisotopic (exact) mass is 470 g/mol. The number of benzene rings is 2. The fourth-order valence-corrected chi connectivity index (χ4v) is 6.04. The van der Waals surface area contributed by atoms with Gasteiger partial charge < -0.3 is 5.32 Å². The van der Waals surface area contributed by atoms with E-state index in [4.69, 9.17) is 23.2 Å². The van der Waals surface area contributed by atoms with Crippen LogP contribution in [0.4, 0.5) is 5.69 Å². The van der Waals surface area contributed by atoms with Crippen LogP contribution in [0.1, 0.15) is 12.8 Å². The molecule has 2 aromatic carbocycles. The number of carbonyl (C=O) groups is 1. The second-order valence-corrected chi connectivity index (χ2v) is 9.90. The number of aromatic nitrogens is 2. The summed E-state index contributed by atoms with van der Waals surface area (Å²) in [4.78, 5) is 12.8. The lowest BCUT2D eigenvalue weighted by Gasteiger charge is -2.30. The van der Waals surface area contributed by atoms with Crippen LogP contribution < -0.4 is 5.32 Å². The Morgan fingerprint density at radius 2 is 1.72 bits per heavy atom. The highest BCUT2D eigenvalue weighted by Gasteiger charge is 2.33. The first-order valence-electron chi connectivity index (χ1n) is 8.84. The number of piperidine rings is 1. The number of para-hydroxylation sites is 1. The Hall–Kier alpha value is -1.78. The van der Waals surface area contributed by atoms with Gasteiger partial charge >= 0.3 is 0 Å². The Bertz CT molecular complexity index is 1150. The second-order valence-electron chi connectivity index (χ2n) is 6.65. The molecule has 1 aromatic heterocycles. The number of rotatable bonds is 4. The van der Waals surface area contributed by atoms with Gasteiger partial charge in [-0.1, -0.05) is 35.3 Å². The van der Waals surface area contributed by atoms with E-state index in [2.05, 4.69) is 14.1 Å². The van der Waals surface area contributed by atoms with E-state index in [1.807, 2.05) is 0 Å². The van der Waals surface area contributed by atoms with Gasteiger partial charge in [0.25, 0.3) is 0 Å². The van der Waals surface area contributed by atoms with Crippen LogP contribution in [0.2, 0.25) is 10.0 Å². The van der Waals surface area contributed by atoms with Crippen molar-refractivity contribution in [1.29, 1.82) is 0 Å². The minimum atomic E-state index is -3.72. The van der Waals surface area contributed by atoms with Crippen molar-refractivity contribution < 1.29 is 13.2 Å². The molecule has 0 saturated carbocycles. The predicted molar refractivity (Wildman–Crippen MR) is 114 cm³/mol. The number of nitrogens with zero attached hydrogens (tertiary/aromatic N) is 3. The van der Waals surface area contributed by atoms with Crippen LogP contribution in [0.5, 0.6) is 0 Å². The maximum absolute atomic E-state index is 13.1. The number of hydrogen-bond acceptors (Lipinski definition) is 6. The highest BCUT2D eigenvalue weighted by molar-refractivity contribution is 7.89. The topological polar surface area (TPSA) is 92.3 Å². The molecular weight excluding hydrogens is 455 g/mol. The summed E-state index contributed by atoms with van der Waals surface area (Å²) in [7, 11) is -3.72. The number of hydrogen-bond donors (Lipinski definition) is 1. The second kappa shape index (κ2) is 8.16. The van der Waals surface area contributed by atoms with Crippen LogP contribution >= 0.6 is 34.9 Å². The van der Waals surface area contributed by atoms with Gasteiger partial charge in [0.2, 0.25) is 15.9 Å². The number of amides is 1. The lowest BCUT2D eigenvalue weighted by atomic mass is 9.97. The molecule has 1 saturated heterocycles. The summed E-state index contributed by atoms with van der Waals surface area (Å²) >= 11 is 13.2. The molecule has 11 heteroatoms. The van der Waals surface area contributed by atoms with E-state index in [9.17, 15) is 13.2 Å². The maximum Gasteiger partial charge on any atom is 0.245 e. The van der Waals surface area contributed by atoms with E-state index in [-0.39, 0.29) is 29.8 Å². The summed E-state index contributed by atoms with van der Waals surface area (Å²) < 4.78 is 35.8. The van der Waals surface area contributed by atoms with E-state index in [1.54, 1.807) is 30.3 Å². The number of carbonyl (C=O) groups excluding carboxylic acids is 1. The Morgan fingerprint density at radius 1 is 1.07 bits per heavy atom. The van der Waals surface area contributed by atoms with E-state index >= 15 is 0 Å². The maximum atomic E-state index is 13.1. The van der Waals surface area contributed by atoms with Crippen molar-refractivity contribution in [2.24, 2.45) is 5.92 Å². The fourth-order valence-electron chi connectivity index (χ4n) is 3.33. The van der Waals surface area contributed by atoms with Gasteiger partial charge in [0, 0.05) is 19.0 Å². The van der Waals surface area contributed by atoms with Crippen LogP contribution in [0, 0.1) is 5.92 Å². The van der Waals surface area contributed by atoms with Crippen molar-refractivity contribution in [2.75, 3.05) is 18.4 Å². The van der Waals surface area contributed by atoms with Crippen LogP contribution in [0.25, 0.3) is 11.0 Å². The highest BCUT2D eigenvalue weighted by Crippen LogP contribution is 2.32.